The van der Waals surface area contributed by atoms with Gasteiger partial charge in [0, 0.05) is 0 Å². The normalized spacial score (nSPS) is 11.2. The Balaban J connectivity index is 1.78. The molecule has 0 saturated carbocycles. The molecular formula is C27H45N2+. The molecule has 0 spiro atoms. The maximum Gasteiger partial charge on any atom is 0.288 e. The van der Waals surface area contributed by atoms with Gasteiger partial charge in [0.2, 0.25) is 0 Å². The summed E-state index contributed by atoms with van der Waals surface area (Å²) < 4.78 is 4.96. The minimum Gasteiger partial charge on any atom is -0.230 e. The highest BCUT2D eigenvalue weighted by molar-refractivity contribution is 5.52. The maximum atomic E-state index is 2.49. The van der Waals surface area contributed by atoms with Gasteiger partial charge in [-0.25, -0.2) is 9.13 Å². The molecule has 0 atom stereocenters. The summed E-state index contributed by atoms with van der Waals surface area (Å²) in [7, 11) is 0. The standard InChI is InChI=1S/C27H45N2/c1-3-5-7-9-10-11-12-13-14-19-23-29-25-24-28(22-18-8-6-4-2)27(29)26-20-16-15-17-21-26/h15-17,20-21,24-25H,3-14,18-19,22-23H2,1-2H3/q+1. The smallest absolute Gasteiger partial charge is 0.230 e. The summed E-state index contributed by atoms with van der Waals surface area (Å²) in [4.78, 5) is 0. The average molecular weight is 398 g/mol. The van der Waals surface area contributed by atoms with Gasteiger partial charge >= 0.3 is 0 Å². The summed E-state index contributed by atoms with van der Waals surface area (Å²) in [6, 6.07) is 11.0. The number of rotatable bonds is 17. The predicted octanol–water partition coefficient (Wildman–Crippen LogP) is 7.94. The molecule has 1 heterocycles. The van der Waals surface area contributed by atoms with Crippen LogP contribution in [-0.4, -0.2) is 4.57 Å². The van der Waals surface area contributed by atoms with Crippen LogP contribution in [0.25, 0.3) is 11.4 Å². The van der Waals surface area contributed by atoms with Crippen molar-refractivity contribution in [2.45, 2.75) is 117 Å². The molecular weight excluding hydrogens is 352 g/mol. The SMILES string of the molecule is CCCCCCCCCCCCn1cc[n+](CCCCCC)c1-c1ccccc1. The van der Waals surface area contributed by atoms with Crippen molar-refractivity contribution < 1.29 is 4.57 Å². The van der Waals surface area contributed by atoms with Gasteiger partial charge < -0.3 is 0 Å². The molecule has 2 aromatic rings. The highest BCUT2D eigenvalue weighted by atomic mass is 15.1. The van der Waals surface area contributed by atoms with Gasteiger partial charge in [0.15, 0.2) is 0 Å². The van der Waals surface area contributed by atoms with E-state index >= 15 is 0 Å². The molecule has 0 saturated heterocycles. The molecule has 0 aliphatic carbocycles. The zero-order valence-electron chi connectivity index (χ0n) is 19.2. The van der Waals surface area contributed by atoms with Crippen LogP contribution in [0.1, 0.15) is 104 Å². The van der Waals surface area contributed by atoms with Crippen LogP contribution >= 0.6 is 0 Å². The van der Waals surface area contributed by atoms with E-state index < -0.39 is 0 Å². The van der Waals surface area contributed by atoms with Crippen LogP contribution in [-0.2, 0) is 13.1 Å². The third kappa shape index (κ3) is 9.19. The second-order valence-corrected chi connectivity index (χ2v) is 8.62. The second-order valence-electron chi connectivity index (χ2n) is 8.62. The fraction of sp³-hybridized carbons (Fsp3) is 0.667. The second kappa shape index (κ2) is 15.3. The van der Waals surface area contributed by atoms with E-state index in [1.165, 1.54) is 101 Å². The van der Waals surface area contributed by atoms with Crippen LogP contribution in [0.2, 0.25) is 0 Å². The summed E-state index contributed by atoms with van der Waals surface area (Å²) in [5.74, 6) is 1.39. The van der Waals surface area contributed by atoms with Crippen molar-refractivity contribution in [1.29, 1.82) is 0 Å². The van der Waals surface area contributed by atoms with Crippen molar-refractivity contribution in [3.05, 3.63) is 42.7 Å². The lowest BCUT2D eigenvalue weighted by molar-refractivity contribution is -0.686. The Kier molecular flexibility index (Phi) is 12.5. The number of hydrogen-bond acceptors (Lipinski definition) is 0. The van der Waals surface area contributed by atoms with Gasteiger partial charge in [0.1, 0.15) is 12.4 Å². The Bertz CT molecular complexity index is 629. The van der Waals surface area contributed by atoms with E-state index in [0.29, 0.717) is 0 Å². The first-order chi connectivity index (χ1) is 14.4. The predicted molar refractivity (Wildman–Crippen MR) is 126 cm³/mol. The van der Waals surface area contributed by atoms with Crippen LogP contribution in [0.3, 0.4) is 0 Å². The number of unbranched alkanes of at least 4 members (excludes halogenated alkanes) is 12. The van der Waals surface area contributed by atoms with Crippen LogP contribution in [0.4, 0.5) is 0 Å². The number of benzene rings is 1. The first kappa shape index (κ1) is 23.7. The Hall–Kier alpha value is -1.57. The van der Waals surface area contributed by atoms with Crippen molar-refractivity contribution in [2.24, 2.45) is 0 Å². The Labute approximate surface area is 180 Å². The van der Waals surface area contributed by atoms with Gasteiger partial charge in [-0.3, -0.25) is 0 Å². The van der Waals surface area contributed by atoms with Crippen molar-refractivity contribution in [3.63, 3.8) is 0 Å². The molecule has 0 unspecified atom stereocenters. The maximum absolute atomic E-state index is 2.49. The topological polar surface area (TPSA) is 8.81 Å². The lowest BCUT2D eigenvalue weighted by Crippen LogP contribution is -2.34. The molecule has 0 amide bonds. The summed E-state index contributed by atoms with van der Waals surface area (Å²) in [6.07, 6.45) is 23.8. The lowest BCUT2D eigenvalue weighted by atomic mass is 10.1. The summed E-state index contributed by atoms with van der Waals surface area (Å²) in [6.45, 7) is 6.85. The molecule has 29 heavy (non-hydrogen) atoms. The van der Waals surface area contributed by atoms with E-state index in [0.717, 1.165) is 13.1 Å². The Morgan fingerprint density at radius 2 is 1.21 bits per heavy atom. The van der Waals surface area contributed by atoms with Gasteiger partial charge in [-0.2, -0.15) is 0 Å². The molecule has 2 heteroatoms. The van der Waals surface area contributed by atoms with E-state index in [9.17, 15) is 0 Å². The van der Waals surface area contributed by atoms with E-state index in [2.05, 4.69) is 65.7 Å². The van der Waals surface area contributed by atoms with Crippen LogP contribution in [0, 0.1) is 0 Å². The van der Waals surface area contributed by atoms with Crippen molar-refractivity contribution in [1.82, 2.24) is 4.57 Å². The van der Waals surface area contributed by atoms with Crippen LogP contribution in [0.5, 0.6) is 0 Å². The van der Waals surface area contributed by atoms with E-state index in [4.69, 9.17) is 0 Å². The van der Waals surface area contributed by atoms with Crippen molar-refractivity contribution in [3.8, 4) is 11.4 Å². The van der Waals surface area contributed by atoms with Crippen molar-refractivity contribution in [2.75, 3.05) is 0 Å². The van der Waals surface area contributed by atoms with Gasteiger partial charge in [0.25, 0.3) is 5.82 Å². The van der Waals surface area contributed by atoms with Gasteiger partial charge in [-0.05, 0) is 37.8 Å². The van der Waals surface area contributed by atoms with Gasteiger partial charge in [-0.15, -0.1) is 0 Å². The number of nitrogens with zero attached hydrogens (tertiary/aromatic N) is 2. The molecule has 0 radical (unpaired) electrons. The monoisotopic (exact) mass is 397 g/mol. The molecule has 0 fully saturated rings. The van der Waals surface area contributed by atoms with Crippen LogP contribution in [0.15, 0.2) is 42.7 Å². The fourth-order valence-corrected chi connectivity index (χ4v) is 4.23. The lowest BCUT2D eigenvalue weighted by Gasteiger charge is -2.06. The highest BCUT2D eigenvalue weighted by Gasteiger charge is 2.18. The van der Waals surface area contributed by atoms with E-state index in [-0.39, 0.29) is 0 Å². The van der Waals surface area contributed by atoms with E-state index in [1.54, 1.807) is 0 Å². The number of aromatic nitrogens is 2. The first-order valence-corrected chi connectivity index (χ1v) is 12.5. The molecule has 0 aliphatic rings. The van der Waals surface area contributed by atoms with Gasteiger partial charge in [-0.1, -0.05) is 96.3 Å². The molecule has 2 rings (SSSR count). The molecule has 0 bridgehead atoms. The Morgan fingerprint density at radius 1 is 0.655 bits per heavy atom. The fourth-order valence-electron chi connectivity index (χ4n) is 4.23. The highest BCUT2D eigenvalue weighted by Crippen LogP contribution is 2.18. The number of hydrogen-bond donors (Lipinski definition) is 0. The summed E-state index contributed by atoms with van der Waals surface area (Å²) >= 11 is 0. The van der Waals surface area contributed by atoms with E-state index in [1.807, 2.05) is 0 Å². The third-order valence-corrected chi connectivity index (χ3v) is 6.01. The molecule has 162 valence electrons. The largest absolute Gasteiger partial charge is 0.288 e. The minimum absolute atomic E-state index is 1.13. The third-order valence-electron chi connectivity index (χ3n) is 6.01. The molecule has 2 nitrogen and oxygen atoms in total. The summed E-state index contributed by atoms with van der Waals surface area (Å²) in [5.41, 5.74) is 1.35. The average Bonchev–Trinajstić information content (AvgIpc) is 3.16. The zero-order chi connectivity index (χ0) is 20.6. The molecule has 1 aromatic carbocycles. The molecule has 1 aromatic heterocycles. The molecule has 0 N–H and O–H groups in total. The van der Waals surface area contributed by atoms with Crippen LogP contribution < -0.4 is 4.57 Å². The molecule has 0 aliphatic heterocycles. The van der Waals surface area contributed by atoms with Crippen molar-refractivity contribution >= 4 is 0 Å². The first-order valence-electron chi connectivity index (χ1n) is 12.5. The summed E-state index contributed by atoms with van der Waals surface area (Å²) in [5, 5.41) is 0. The number of imidazole rings is 1. The number of aryl methyl sites for hydroxylation is 2. The quantitative estimate of drug-likeness (QED) is 0.189. The Morgan fingerprint density at radius 3 is 1.83 bits per heavy atom. The zero-order valence-corrected chi connectivity index (χ0v) is 19.2. The van der Waals surface area contributed by atoms with Gasteiger partial charge in [0.05, 0.1) is 18.7 Å². The minimum atomic E-state index is 1.13.